The highest BCUT2D eigenvalue weighted by molar-refractivity contribution is 5.86. The third kappa shape index (κ3) is 3.52. The number of aliphatic hydroxyl groups is 1. The number of hydrogen-bond acceptors (Lipinski definition) is 4. The number of furan rings is 1. The van der Waals surface area contributed by atoms with Crippen LogP contribution in [-0.4, -0.2) is 40.8 Å². The summed E-state index contributed by atoms with van der Waals surface area (Å²) < 4.78 is 5.46. The number of likely N-dealkylation sites (tertiary alicyclic amines) is 1. The minimum absolute atomic E-state index is 0.0166. The summed E-state index contributed by atoms with van der Waals surface area (Å²) in [5.41, 5.74) is 1.92. The standard InChI is InChI=1S/C19H23NO4/c1-13-9-16(24-18(13)19(22)23)11-20-8-7-17(15(10-20)12-21)14-5-3-2-4-6-14/h2-6,9,15,17,21H,7-8,10-12H2,1H3,(H,22,23)/t15-,17+/m0/s1. The van der Waals surface area contributed by atoms with E-state index < -0.39 is 5.97 Å². The first-order valence-electron chi connectivity index (χ1n) is 8.29. The first-order chi connectivity index (χ1) is 11.6. The highest BCUT2D eigenvalue weighted by Crippen LogP contribution is 2.33. The Labute approximate surface area is 141 Å². The molecule has 0 saturated carbocycles. The summed E-state index contributed by atoms with van der Waals surface area (Å²) in [4.78, 5) is 13.3. The van der Waals surface area contributed by atoms with Crippen LogP contribution in [-0.2, 0) is 6.54 Å². The molecule has 0 spiro atoms. The van der Waals surface area contributed by atoms with Crippen molar-refractivity contribution in [3.05, 3.63) is 59.0 Å². The summed E-state index contributed by atoms with van der Waals surface area (Å²) in [6.07, 6.45) is 0.973. The predicted octanol–water partition coefficient (Wildman–Crippen LogP) is 2.88. The van der Waals surface area contributed by atoms with Crippen molar-refractivity contribution in [2.45, 2.75) is 25.8 Å². The Morgan fingerprint density at radius 2 is 2.08 bits per heavy atom. The van der Waals surface area contributed by atoms with E-state index in [0.29, 0.717) is 23.8 Å². The van der Waals surface area contributed by atoms with Gasteiger partial charge in [-0.15, -0.1) is 0 Å². The number of benzene rings is 1. The molecule has 2 atom stereocenters. The van der Waals surface area contributed by atoms with E-state index in [-0.39, 0.29) is 18.3 Å². The highest BCUT2D eigenvalue weighted by atomic mass is 16.4. The molecule has 2 N–H and O–H groups in total. The van der Waals surface area contributed by atoms with Gasteiger partial charge in [0.2, 0.25) is 5.76 Å². The van der Waals surface area contributed by atoms with E-state index in [1.54, 1.807) is 13.0 Å². The molecule has 1 saturated heterocycles. The van der Waals surface area contributed by atoms with Crippen molar-refractivity contribution >= 4 is 5.97 Å². The van der Waals surface area contributed by atoms with Crippen LogP contribution in [0.2, 0.25) is 0 Å². The molecular weight excluding hydrogens is 306 g/mol. The second kappa shape index (κ2) is 7.20. The van der Waals surface area contributed by atoms with Gasteiger partial charge >= 0.3 is 5.97 Å². The van der Waals surface area contributed by atoms with Gasteiger partial charge < -0.3 is 14.6 Å². The fourth-order valence-electron chi connectivity index (χ4n) is 3.63. The van der Waals surface area contributed by atoms with Crippen LogP contribution >= 0.6 is 0 Å². The van der Waals surface area contributed by atoms with Gasteiger partial charge in [-0.3, -0.25) is 4.90 Å². The van der Waals surface area contributed by atoms with Crippen LogP contribution in [0.25, 0.3) is 0 Å². The summed E-state index contributed by atoms with van der Waals surface area (Å²) in [5, 5.41) is 18.9. The number of aryl methyl sites for hydroxylation is 1. The van der Waals surface area contributed by atoms with Crippen LogP contribution in [0.3, 0.4) is 0 Å². The molecule has 5 nitrogen and oxygen atoms in total. The van der Waals surface area contributed by atoms with Crippen LogP contribution in [0.15, 0.2) is 40.8 Å². The number of aromatic carboxylic acids is 1. The van der Waals surface area contributed by atoms with Gasteiger partial charge in [-0.05, 0) is 37.4 Å². The Morgan fingerprint density at radius 3 is 2.71 bits per heavy atom. The van der Waals surface area contributed by atoms with Crippen molar-refractivity contribution in [2.75, 3.05) is 19.7 Å². The number of carbonyl (C=O) groups is 1. The van der Waals surface area contributed by atoms with Crippen LogP contribution in [0.4, 0.5) is 0 Å². The van der Waals surface area contributed by atoms with Crippen LogP contribution in [0.5, 0.6) is 0 Å². The van der Waals surface area contributed by atoms with Gasteiger partial charge in [0.25, 0.3) is 0 Å². The molecule has 0 radical (unpaired) electrons. The molecule has 1 aliphatic rings. The van der Waals surface area contributed by atoms with Gasteiger partial charge in [0.1, 0.15) is 5.76 Å². The highest BCUT2D eigenvalue weighted by Gasteiger charge is 2.30. The van der Waals surface area contributed by atoms with Crippen molar-refractivity contribution < 1.29 is 19.4 Å². The third-order valence-corrected chi connectivity index (χ3v) is 4.82. The van der Waals surface area contributed by atoms with Gasteiger partial charge in [-0.25, -0.2) is 4.79 Å². The van der Waals surface area contributed by atoms with E-state index >= 15 is 0 Å². The van der Waals surface area contributed by atoms with Crippen LogP contribution < -0.4 is 0 Å². The monoisotopic (exact) mass is 329 g/mol. The zero-order valence-electron chi connectivity index (χ0n) is 13.8. The molecule has 2 heterocycles. The molecule has 0 bridgehead atoms. The number of rotatable bonds is 5. The summed E-state index contributed by atoms with van der Waals surface area (Å²) in [6.45, 7) is 4.14. The van der Waals surface area contributed by atoms with E-state index in [1.807, 2.05) is 18.2 Å². The average Bonchev–Trinajstić information content (AvgIpc) is 2.96. The van der Waals surface area contributed by atoms with E-state index in [1.165, 1.54) is 5.56 Å². The smallest absolute Gasteiger partial charge is 0.372 e. The Balaban J connectivity index is 1.68. The minimum atomic E-state index is -1.03. The van der Waals surface area contributed by atoms with Crippen LogP contribution in [0.1, 0.15) is 39.8 Å². The maximum Gasteiger partial charge on any atom is 0.372 e. The fraction of sp³-hybridized carbons (Fsp3) is 0.421. The average molecular weight is 329 g/mol. The van der Waals surface area contributed by atoms with E-state index in [0.717, 1.165) is 19.5 Å². The van der Waals surface area contributed by atoms with Gasteiger partial charge in [-0.2, -0.15) is 0 Å². The zero-order chi connectivity index (χ0) is 17.1. The Hall–Kier alpha value is -2.11. The summed E-state index contributed by atoms with van der Waals surface area (Å²) in [7, 11) is 0. The maximum atomic E-state index is 11.1. The maximum absolute atomic E-state index is 11.1. The molecule has 0 aliphatic carbocycles. The predicted molar refractivity (Wildman–Crippen MR) is 90.1 cm³/mol. The largest absolute Gasteiger partial charge is 0.475 e. The molecule has 5 heteroatoms. The molecule has 1 fully saturated rings. The van der Waals surface area contributed by atoms with Crippen LogP contribution in [0, 0.1) is 12.8 Å². The number of nitrogens with zero attached hydrogens (tertiary/aromatic N) is 1. The van der Waals surface area contributed by atoms with Gasteiger partial charge in [0.15, 0.2) is 0 Å². The lowest BCUT2D eigenvalue weighted by atomic mass is 9.81. The number of carboxylic acids is 1. The van der Waals surface area contributed by atoms with Gasteiger partial charge in [0, 0.05) is 24.6 Å². The Kier molecular flexibility index (Phi) is 5.02. The quantitative estimate of drug-likeness (QED) is 0.882. The summed E-state index contributed by atoms with van der Waals surface area (Å²) in [6, 6.07) is 12.1. The third-order valence-electron chi connectivity index (χ3n) is 4.82. The first-order valence-corrected chi connectivity index (χ1v) is 8.29. The molecule has 128 valence electrons. The van der Waals surface area contributed by atoms with Gasteiger partial charge in [-0.1, -0.05) is 30.3 Å². The fourth-order valence-corrected chi connectivity index (χ4v) is 3.63. The molecule has 3 rings (SSSR count). The molecule has 1 aromatic carbocycles. The number of hydrogen-bond donors (Lipinski definition) is 2. The Bertz CT molecular complexity index is 695. The molecule has 24 heavy (non-hydrogen) atoms. The molecule has 0 amide bonds. The zero-order valence-corrected chi connectivity index (χ0v) is 13.8. The van der Waals surface area contributed by atoms with Crippen molar-refractivity contribution in [3.8, 4) is 0 Å². The van der Waals surface area contributed by atoms with Crippen molar-refractivity contribution in [2.24, 2.45) is 5.92 Å². The van der Waals surface area contributed by atoms with Gasteiger partial charge in [0.05, 0.1) is 6.54 Å². The number of piperidine rings is 1. The second-order valence-electron chi connectivity index (χ2n) is 6.51. The lowest BCUT2D eigenvalue weighted by Crippen LogP contribution is -2.40. The molecule has 1 aliphatic heterocycles. The lowest BCUT2D eigenvalue weighted by molar-refractivity contribution is 0.0651. The lowest BCUT2D eigenvalue weighted by Gasteiger charge is -2.37. The van der Waals surface area contributed by atoms with Crippen molar-refractivity contribution in [3.63, 3.8) is 0 Å². The van der Waals surface area contributed by atoms with E-state index in [9.17, 15) is 9.90 Å². The molecule has 0 unspecified atom stereocenters. The van der Waals surface area contributed by atoms with E-state index in [2.05, 4.69) is 17.0 Å². The number of aliphatic hydroxyl groups excluding tert-OH is 1. The topological polar surface area (TPSA) is 73.9 Å². The normalized spacial score (nSPS) is 21.8. The molecule has 2 aromatic rings. The minimum Gasteiger partial charge on any atom is -0.475 e. The van der Waals surface area contributed by atoms with Crippen molar-refractivity contribution in [1.29, 1.82) is 0 Å². The van der Waals surface area contributed by atoms with E-state index in [4.69, 9.17) is 9.52 Å². The molecule has 1 aromatic heterocycles. The number of carboxylic acid groups (broad SMARTS) is 1. The summed E-state index contributed by atoms with van der Waals surface area (Å²) in [5.74, 6) is 0.189. The van der Waals surface area contributed by atoms with Crippen molar-refractivity contribution in [1.82, 2.24) is 4.90 Å². The molecular formula is C19H23NO4. The Morgan fingerprint density at radius 1 is 1.33 bits per heavy atom. The first kappa shape index (κ1) is 16.7. The SMILES string of the molecule is Cc1cc(CN2CC[C@H](c3ccccc3)[C@H](CO)C2)oc1C(=O)O. The second-order valence-corrected chi connectivity index (χ2v) is 6.51. The summed E-state index contributed by atoms with van der Waals surface area (Å²) >= 11 is 0.